The Morgan fingerprint density at radius 1 is 1.12 bits per heavy atom. The van der Waals surface area contributed by atoms with E-state index in [2.05, 4.69) is 32.7 Å². The normalized spacial score (nSPS) is 12.6. The van der Waals surface area contributed by atoms with Crippen LogP contribution in [0.5, 0.6) is 0 Å². The lowest BCUT2D eigenvalue weighted by atomic mass is 10.0. The molecule has 1 atom stereocenters. The molecule has 0 fully saturated rings. The van der Waals surface area contributed by atoms with Crippen LogP contribution in [0.1, 0.15) is 22.7 Å². The van der Waals surface area contributed by atoms with Gasteiger partial charge in [0.2, 0.25) is 0 Å². The molecule has 0 bridgehead atoms. The number of nitrogens with one attached hydrogen (secondary N) is 2. The minimum absolute atomic E-state index is 0.0632. The Kier molecular flexibility index (Phi) is 4.03. The number of halogens is 1. The Labute approximate surface area is 144 Å². The molecule has 25 heavy (non-hydrogen) atoms. The lowest BCUT2D eigenvalue weighted by molar-refractivity contribution is 0.597. The monoisotopic (exact) mass is 335 g/mol. The first-order chi connectivity index (χ1) is 12.2. The molecule has 2 heterocycles. The molecule has 2 aromatic heterocycles. The van der Waals surface area contributed by atoms with Gasteiger partial charge < -0.3 is 5.32 Å². The molecule has 0 aliphatic rings. The average Bonchev–Trinajstić information content (AvgIpc) is 3.25. The molecular weight excluding hydrogens is 317 g/mol. The van der Waals surface area contributed by atoms with Gasteiger partial charge in [-0.05, 0) is 29.3 Å². The minimum atomic E-state index is -0.238. The molecule has 0 aliphatic carbocycles. The third-order valence-corrected chi connectivity index (χ3v) is 4.28. The molecule has 0 unspecified atom stereocenters. The van der Waals surface area contributed by atoms with Crippen molar-refractivity contribution in [1.29, 1.82) is 0 Å². The first-order valence-electron chi connectivity index (χ1n) is 8.08. The predicted octanol–water partition coefficient (Wildman–Crippen LogP) is 3.31. The lowest BCUT2D eigenvalue weighted by Gasteiger charge is -2.18. The summed E-state index contributed by atoms with van der Waals surface area (Å²) in [6, 6.07) is 12.7. The standard InChI is InChI=1S/C19H18FN5/c1-25-12-16(11-23-25)19(14-4-6-17(20)7-5-14)21-9-13-2-3-15-10-22-24-18(15)8-13/h2-8,10-12,19,21H,9H2,1H3,(H,22,24)/t19-/m1/s1. The summed E-state index contributed by atoms with van der Waals surface area (Å²) in [5, 5.41) is 15.9. The van der Waals surface area contributed by atoms with E-state index in [0.29, 0.717) is 6.54 Å². The molecule has 0 saturated carbocycles. The van der Waals surface area contributed by atoms with Crippen LogP contribution in [0.3, 0.4) is 0 Å². The van der Waals surface area contributed by atoms with Crippen LogP contribution in [0.25, 0.3) is 10.9 Å². The van der Waals surface area contributed by atoms with Crippen LogP contribution in [-0.2, 0) is 13.6 Å². The molecule has 4 aromatic rings. The van der Waals surface area contributed by atoms with Crippen LogP contribution in [-0.4, -0.2) is 20.0 Å². The van der Waals surface area contributed by atoms with E-state index in [9.17, 15) is 4.39 Å². The summed E-state index contributed by atoms with van der Waals surface area (Å²) in [5.41, 5.74) is 4.19. The SMILES string of the molecule is Cn1cc([C@H](NCc2ccc3cn[nH]c3c2)c2ccc(F)cc2)cn1. The Morgan fingerprint density at radius 2 is 1.96 bits per heavy atom. The Hall–Kier alpha value is -2.99. The summed E-state index contributed by atoms with van der Waals surface area (Å²) < 4.78 is 15.0. The van der Waals surface area contributed by atoms with Gasteiger partial charge in [0.15, 0.2) is 0 Å². The van der Waals surface area contributed by atoms with E-state index in [1.165, 1.54) is 12.1 Å². The summed E-state index contributed by atoms with van der Waals surface area (Å²) in [6.45, 7) is 0.673. The summed E-state index contributed by atoms with van der Waals surface area (Å²) in [4.78, 5) is 0. The van der Waals surface area contributed by atoms with E-state index in [1.54, 1.807) is 16.8 Å². The van der Waals surface area contributed by atoms with Crippen LogP contribution in [0.15, 0.2) is 61.1 Å². The zero-order chi connectivity index (χ0) is 17.2. The number of aromatic amines is 1. The smallest absolute Gasteiger partial charge is 0.123 e. The Morgan fingerprint density at radius 3 is 2.72 bits per heavy atom. The fourth-order valence-electron chi connectivity index (χ4n) is 2.99. The van der Waals surface area contributed by atoms with Crippen molar-refractivity contribution in [3.05, 3.63) is 83.6 Å². The van der Waals surface area contributed by atoms with E-state index < -0.39 is 0 Å². The number of hydrogen-bond acceptors (Lipinski definition) is 3. The van der Waals surface area contributed by atoms with E-state index in [0.717, 1.165) is 27.6 Å². The molecule has 0 aliphatic heterocycles. The van der Waals surface area contributed by atoms with Gasteiger partial charge >= 0.3 is 0 Å². The molecule has 0 spiro atoms. The zero-order valence-corrected chi connectivity index (χ0v) is 13.8. The van der Waals surface area contributed by atoms with Gasteiger partial charge in [-0.15, -0.1) is 0 Å². The van der Waals surface area contributed by atoms with Gasteiger partial charge in [0.05, 0.1) is 24.0 Å². The maximum atomic E-state index is 13.3. The highest BCUT2D eigenvalue weighted by Gasteiger charge is 2.15. The zero-order valence-electron chi connectivity index (χ0n) is 13.8. The van der Waals surface area contributed by atoms with Crippen LogP contribution in [0.4, 0.5) is 4.39 Å². The molecule has 4 rings (SSSR count). The van der Waals surface area contributed by atoms with Crippen molar-refractivity contribution < 1.29 is 4.39 Å². The second-order valence-corrected chi connectivity index (χ2v) is 6.10. The Balaban J connectivity index is 1.60. The molecule has 0 saturated heterocycles. The van der Waals surface area contributed by atoms with Gasteiger partial charge in [-0.3, -0.25) is 9.78 Å². The highest BCUT2D eigenvalue weighted by atomic mass is 19.1. The van der Waals surface area contributed by atoms with Crippen molar-refractivity contribution >= 4 is 10.9 Å². The molecule has 0 amide bonds. The molecule has 0 radical (unpaired) electrons. The Bertz CT molecular complexity index is 986. The quantitative estimate of drug-likeness (QED) is 0.588. The number of fused-ring (bicyclic) bond motifs is 1. The number of benzene rings is 2. The van der Waals surface area contributed by atoms with Gasteiger partial charge in [-0.1, -0.05) is 24.3 Å². The molecule has 6 heteroatoms. The fraction of sp³-hybridized carbons (Fsp3) is 0.158. The van der Waals surface area contributed by atoms with Crippen molar-refractivity contribution in [3.63, 3.8) is 0 Å². The van der Waals surface area contributed by atoms with Crippen molar-refractivity contribution in [2.24, 2.45) is 7.05 Å². The summed E-state index contributed by atoms with van der Waals surface area (Å²) in [7, 11) is 1.89. The number of H-pyrrole nitrogens is 1. The minimum Gasteiger partial charge on any atom is -0.302 e. The number of aryl methyl sites for hydroxylation is 1. The van der Waals surface area contributed by atoms with Gasteiger partial charge in [-0.25, -0.2) is 4.39 Å². The second-order valence-electron chi connectivity index (χ2n) is 6.10. The third kappa shape index (κ3) is 3.29. The predicted molar refractivity (Wildman–Crippen MR) is 94.4 cm³/mol. The lowest BCUT2D eigenvalue weighted by Crippen LogP contribution is -2.21. The third-order valence-electron chi connectivity index (χ3n) is 4.28. The van der Waals surface area contributed by atoms with Crippen molar-refractivity contribution in [1.82, 2.24) is 25.3 Å². The summed E-state index contributed by atoms with van der Waals surface area (Å²) in [5.74, 6) is -0.238. The van der Waals surface area contributed by atoms with E-state index in [-0.39, 0.29) is 11.9 Å². The summed E-state index contributed by atoms with van der Waals surface area (Å²) in [6.07, 6.45) is 5.61. The first kappa shape index (κ1) is 15.5. The van der Waals surface area contributed by atoms with Crippen molar-refractivity contribution in [2.45, 2.75) is 12.6 Å². The second kappa shape index (κ2) is 6.49. The molecule has 5 nitrogen and oxygen atoms in total. The number of aromatic nitrogens is 4. The number of rotatable bonds is 5. The highest BCUT2D eigenvalue weighted by molar-refractivity contribution is 5.78. The molecule has 2 aromatic carbocycles. The fourth-order valence-corrected chi connectivity index (χ4v) is 2.99. The van der Waals surface area contributed by atoms with Crippen LogP contribution >= 0.6 is 0 Å². The van der Waals surface area contributed by atoms with Gasteiger partial charge in [-0.2, -0.15) is 10.2 Å². The van der Waals surface area contributed by atoms with Gasteiger partial charge in [0.1, 0.15) is 5.82 Å². The number of hydrogen-bond donors (Lipinski definition) is 2. The number of nitrogens with zero attached hydrogens (tertiary/aromatic N) is 3. The first-order valence-corrected chi connectivity index (χ1v) is 8.08. The topological polar surface area (TPSA) is 58.5 Å². The van der Waals surface area contributed by atoms with E-state index >= 15 is 0 Å². The largest absolute Gasteiger partial charge is 0.302 e. The maximum absolute atomic E-state index is 13.3. The van der Waals surface area contributed by atoms with Crippen LogP contribution in [0.2, 0.25) is 0 Å². The molecular formula is C19H18FN5. The van der Waals surface area contributed by atoms with Crippen molar-refractivity contribution in [3.8, 4) is 0 Å². The molecule has 2 N–H and O–H groups in total. The summed E-state index contributed by atoms with van der Waals surface area (Å²) >= 11 is 0. The molecule has 126 valence electrons. The van der Waals surface area contributed by atoms with E-state index in [1.807, 2.05) is 31.7 Å². The van der Waals surface area contributed by atoms with Gasteiger partial charge in [0.25, 0.3) is 0 Å². The highest BCUT2D eigenvalue weighted by Crippen LogP contribution is 2.23. The van der Waals surface area contributed by atoms with Crippen molar-refractivity contribution in [2.75, 3.05) is 0 Å². The van der Waals surface area contributed by atoms with Crippen LogP contribution < -0.4 is 5.32 Å². The van der Waals surface area contributed by atoms with Crippen LogP contribution in [0, 0.1) is 5.82 Å². The average molecular weight is 335 g/mol. The van der Waals surface area contributed by atoms with E-state index in [4.69, 9.17) is 0 Å². The van der Waals surface area contributed by atoms with Gasteiger partial charge in [0, 0.05) is 30.7 Å². The maximum Gasteiger partial charge on any atom is 0.123 e.